The molecule has 0 aromatic heterocycles. The summed E-state index contributed by atoms with van der Waals surface area (Å²) in [7, 11) is 0. The van der Waals surface area contributed by atoms with Gasteiger partial charge in [0.1, 0.15) is 0 Å². The molecule has 0 saturated carbocycles. The highest BCUT2D eigenvalue weighted by molar-refractivity contribution is 6.33. The van der Waals surface area contributed by atoms with Crippen LogP contribution in [0.4, 0.5) is 0 Å². The molecule has 1 aromatic carbocycles. The highest BCUT2D eigenvalue weighted by atomic mass is 35.5. The Kier molecular flexibility index (Phi) is 4.31. The molecule has 1 aromatic rings. The lowest BCUT2D eigenvalue weighted by Crippen LogP contribution is -2.27. The third-order valence-electron chi connectivity index (χ3n) is 3.51. The minimum atomic E-state index is 0.568. The van der Waals surface area contributed by atoms with Gasteiger partial charge in [-0.2, -0.15) is 0 Å². The second-order valence-corrected chi connectivity index (χ2v) is 5.70. The summed E-state index contributed by atoms with van der Waals surface area (Å²) in [5.74, 6) is 0.614. The second-order valence-electron chi connectivity index (χ2n) is 4.85. The van der Waals surface area contributed by atoms with Crippen LogP contribution >= 0.6 is 23.2 Å². The van der Waals surface area contributed by atoms with Gasteiger partial charge >= 0.3 is 0 Å². The molecule has 0 amide bonds. The topological polar surface area (TPSA) is 29.3 Å². The van der Waals surface area contributed by atoms with Crippen LogP contribution in [0.1, 0.15) is 18.9 Å². The molecule has 2 unspecified atom stereocenters. The van der Waals surface area contributed by atoms with E-state index in [9.17, 15) is 0 Å². The molecule has 17 heavy (non-hydrogen) atoms. The lowest BCUT2D eigenvalue weighted by Gasteiger charge is -2.21. The van der Waals surface area contributed by atoms with E-state index in [0.29, 0.717) is 12.0 Å². The first-order chi connectivity index (χ1) is 8.10. The number of likely N-dealkylation sites (tertiary alicyclic amines) is 1. The monoisotopic (exact) mass is 272 g/mol. The predicted molar refractivity (Wildman–Crippen MR) is 73.5 cm³/mol. The Balaban J connectivity index is 2.08. The van der Waals surface area contributed by atoms with Crippen LogP contribution in [0.2, 0.25) is 10.0 Å². The summed E-state index contributed by atoms with van der Waals surface area (Å²) in [6, 6.07) is 6.20. The Bertz CT molecular complexity index is 395. The van der Waals surface area contributed by atoms with E-state index in [2.05, 4.69) is 11.8 Å². The van der Waals surface area contributed by atoms with Gasteiger partial charge in [-0.3, -0.25) is 4.90 Å². The first kappa shape index (κ1) is 13.2. The average molecular weight is 273 g/mol. The smallest absolute Gasteiger partial charge is 0.0452 e. The Morgan fingerprint density at radius 2 is 2.18 bits per heavy atom. The molecule has 2 atom stereocenters. The van der Waals surface area contributed by atoms with Gasteiger partial charge < -0.3 is 5.73 Å². The maximum Gasteiger partial charge on any atom is 0.0452 e. The molecular formula is C13H18Cl2N2. The third-order valence-corrected chi connectivity index (χ3v) is 4.11. The molecule has 1 heterocycles. The summed E-state index contributed by atoms with van der Waals surface area (Å²) in [6.45, 7) is 4.93. The molecule has 0 bridgehead atoms. The molecule has 4 heteroatoms. The van der Waals surface area contributed by atoms with Crippen molar-refractivity contribution in [3.8, 4) is 0 Å². The zero-order valence-electron chi connectivity index (χ0n) is 10.00. The molecule has 1 fully saturated rings. The van der Waals surface area contributed by atoms with Crippen LogP contribution in [-0.2, 0) is 6.54 Å². The van der Waals surface area contributed by atoms with Crippen molar-refractivity contribution in [2.75, 3.05) is 13.1 Å². The van der Waals surface area contributed by atoms with Crippen LogP contribution in [0, 0.1) is 5.92 Å². The molecule has 0 radical (unpaired) electrons. The maximum absolute atomic E-state index is 6.18. The summed E-state index contributed by atoms with van der Waals surface area (Å²) in [5, 5.41) is 1.53. The van der Waals surface area contributed by atoms with E-state index in [1.165, 1.54) is 6.42 Å². The number of halogens is 2. The predicted octanol–water partition coefficient (Wildman–Crippen LogP) is 3.16. The molecule has 1 saturated heterocycles. The molecular weight excluding hydrogens is 255 g/mol. The fourth-order valence-electron chi connectivity index (χ4n) is 2.49. The Morgan fingerprint density at radius 3 is 2.82 bits per heavy atom. The van der Waals surface area contributed by atoms with Crippen LogP contribution in [-0.4, -0.2) is 24.0 Å². The molecule has 2 nitrogen and oxygen atoms in total. The van der Waals surface area contributed by atoms with Crippen molar-refractivity contribution in [2.45, 2.75) is 25.9 Å². The first-order valence-electron chi connectivity index (χ1n) is 5.98. The molecule has 0 aliphatic carbocycles. The molecule has 94 valence electrons. The number of rotatable bonds is 3. The number of benzene rings is 1. The summed E-state index contributed by atoms with van der Waals surface area (Å²) in [4.78, 5) is 2.43. The lowest BCUT2D eigenvalue weighted by molar-refractivity contribution is 0.256. The highest BCUT2D eigenvalue weighted by Crippen LogP contribution is 2.27. The summed E-state index contributed by atoms with van der Waals surface area (Å²) in [6.07, 6.45) is 1.18. The van der Waals surface area contributed by atoms with Crippen molar-refractivity contribution < 1.29 is 0 Å². The molecule has 0 spiro atoms. The normalized spacial score (nSPS) is 25.4. The van der Waals surface area contributed by atoms with Crippen molar-refractivity contribution >= 4 is 23.2 Å². The van der Waals surface area contributed by atoms with Gasteiger partial charge in [0.25, 0.3) is 0 Å². The molecule has 2 N–H and O–H groups in total. The van der Waals surface area contributed by atoms with E-state index in [4.69, 9.17) is 28.9 Å². The fourth-order valence-corrected chi connectivity index (χ4v) is 2.86. The van der Waals surface area contributed by atoms with Crippen molar-refractivity contribution in [1.29, 1.82) is 0 Å². The minimum Gasteiger partial charge on any atom is -0.330 e. The minimum absolute atomic E-state index is 0.568. The van der Waals surface area contributed by atoms with E-state index in [0.717, 1.165) is 35.2 Å². The summed E-state index contributed by atoms with van der Waals surface area (Å²) < 4.78 is 0. The maximum atomic E-state index is 6.18. The van der Waals surface area contributed by atoms with Gasteiger partial charge in [0.05, 0.1) is 0 Å². The summed E-state index contributed by atoms with van der Waals surface area (Å²) in [5.41, 5.74) is 6.83. The Labute approximate surface area is 113 Å². The largest absolute Gasteiger partial charge is 0.330 e. The first-order valence-corrected chi connectivity index (χ1v) is 6.73. The second kappa shape index (κ2) is 5.57. The van der Waals surface area contributed by atoms with E-state index in [1.54, 1.807) is 0 Å². The average Bonchev–Trinajstić information content (AvgIpc) is 2.65. The van der Waals surface area contributed by atoms with Crippen LogP contribution in [0.25, 0.3) is 0 Å². The third kappa shape index (κ3) is 3.14. The van der Waals surface area contributed by atoms with Crippen molar-refractivity contribution in [1.82, 2.24) is 4.90 Å². The Morgan fingerprint density at radius 1 is 1.41 bits per heavy atom. The van der Waals surface area contributed by atoms with Gasteiger partial charge in [-0.05, 0) is 49.6 Å². The number of nitrogens with two attached hydrogens (primary N) is 1. The quantitative estimate of drug-likeness (QED) is 0.916. The number of hydrogen-bond acceptors (Lipinski definition) is 2. The lowest BCUT2D eigenvalue weighted by atomic mass is 10.1. The molecule has 1 aliphatic heterocycles. The zero-order chi connectivity index (χ0) is 12.4. The fraction of sp³-hybridized carbons (Fsp3) is 0.538. The van der Waals surface area contributed by atoms with E-state index < -0.39 is 0 Å². The van der Waals surface area contributed by atoms with Crippen molar-refractivity contribution in [2.24, 2.45) is 11.7 Å². The zero-order valence-corrected chi connectivity index (χ0v) is 11.5. The van der Waals surface area contributed by atoms with Gasteiger partial charge in [-0.15, -0.1) is 0 Å². The van der Waals surface area contributed by atoms with Gasteiger partial charge in [-0.1, -0.05) is 23.2 Å². The molecule has 1 aliphatic rings. The van der Waals surface area contributed by atoms with Crippen LogP contribution < -0.4 is 5.73 Å². The van der Waals surface area contributed by atoms with E-state index >= 15 is 0 Å². The van der Waals surface area contributed by atoms with Gasteiger partial charge in [0.2, 0.25) is 0 Å². The van der Waals surface area contributed by atoms with E-state index in [1.807, 2.05) is 18.2 Å². The van der Waals surface area contributed by atoms with Crippen LogP contribution in [0.5, 0.6) is 0 Å². The standard InChI is InChI=1S/C13H18Cl2N2/c1-9-4-10(6-16)7-17(9)8-11-5-12(14)2-3-13(11)15/h2-3,5,9-10H,4,6-8,16H2,1H3. The summed E-state index contributed by atoms with van der Waals surface area (Å²) >= 11 is 12.2. The van der Waals surface area contributed by atoms with Crippen molar-refractivity contribution in [3.05, 3.63) is 33.8 Å². The van der Waals surface area contributed by atoms with E-state index in [-0.39, 0.29) is 0 Å². The van der Waals surface area contributed by atoms with Gasteiger partial charge in [-0.25, -0.2) is 0 Å². The highest BCUT2D eigenvalue weighted by Gasteiger charge is 2.28. The molecule has 2 rings (SSSR count). The van der Waals surface area contributed by atoms with Crippen LogP contribution in [0.3, 0.4) is 0 Å². The number of hydrogen-bond donors (Lipinski definition) is 1. The number of nitrogens with zero attached hydrogens (tertiary/aromatic N) is 1. The Hall–Kier alpha value is -0.280. The van der Waals surface area contributed by atoms with Gasteiger partial charge in [0, 0.05) is 29.2 Å². The van der Waals surface area contributed by atoms with Crippen molar-refractivity contribution in [3.63, 3.8) is 0 Å². The SMILES string of the molecule is CC1CC(CN)CN1Cc1cc(Cl)ccc1Cl. The van der Waals surface area contributed by atoms with Crippen LogP contribution in [0.15, 0.2) is 18.2 Å². The van der Waals surface area contributed by atoms with Gasteiger partial charge in [0.15, 0.2) is 0 Å².